The summed E-state index contributed by atoms with van der Waals surface area (Å²) in [6.07, 6.45) is 16.9. The van der Waals surface area contributed by atoms with E-state index in [2.05, 4.69) is 30.6 Å². The molecule has 2 saturated heterocycles. The first kappa shape index (κ1) is 22.7. The predicted octanol–water partition coefficient (Wildman–Crippen LogP) is 5.88. The van der Waals surface area contributed by atoms with Gasteiger partial charge >= 0.3 is 0 Å². The van der Waals surface area contributed by atoms with Crippen molar-refractivity contribution in [3.05, 3.63) is 0 Å². The molecule has 2 rings (SSSR count). The highest BCUT2D eigenvalue weighted by atomic mass is 16.2. The van der Waals surface area contributed by atoms with E-state index in [0.717, 1.165) is 31.8 Å². The van der Waals surface area contributed by atoms with E-state index in [1.807, 2.05) is 0 Å². The van der Waals surface area contributed by atoms with Gasteiger partial charge in [0, 0.05) is 32.6 Å². The largest absolute Gasteiger partial charge is 0.343 e. The van der Waals surface area contributed by atoms with Crippen molar-refractivity contribution >= 4 is 5.91 Å². The first-order chi connectivity index (χ1) is 13.1. The molecular weight excluding hydrogens is 332 g/mol. The van der Waals surface area contributed by atoms with Crippen LogP contribution in [0.3, 0.4) is 0 Å². The van der Waals surface area contributed by atoms with Gasteiger partial charge in [-0.05, 0) is 50.0 Å². The van der Waals surface area contributed by atoms with Gasteiger partial charge in [0.2, 0.25) is 5.91 Å². The van der Waals surface area contributed by atoms with Gasteiger partial charge in [0.05, 0.1) is 0 Å². The fourth-order valence-corrected chi connectivity index (χ4v) is 5.19. The minimum atomic E-state index is 0.379. The van der Waals surface area contributed by atoms with Crippen molar-refractivity contribution in [3.8, 4) is 0 Å². The maximum Gasteiger partial charge on any atom is 0.222 e. The average molecular weight is 379 g/mol. The number of rotatable bonds is 13. The summed E-state index contributed by atoms with van der Waals surface area (Å²) < 4.78 is 0. The van der Waals surface area contributed by atoms with E-state index in [-0.39, 0.29) is 0 Å². The summed E-state index contributed by atoms with van der Waals surface area (Å²) in [6.45, 7) is 12.6. The van der Waals surface area contributed by atoms with E-state index < -0.39 is 0 Å². The molecule has 0 aliphatic carbocycles. The molecule has 3 heteroatoms. The Bertz CT molecular complexity index is 407. The second-order valence-corrected chi connectivity index (χ2v) is 9.49. The second kappa shape index (κ2) is 12.1. The zero-order valence-corrected chi connectivity index (χ0v) is 18.6. The molecule has 1 atom stereocenters. The minimum absolute atomic E-state index is 0.379. The van der Waals surface area contributed by atoms with Crippen LogP contribution in [0.5, 0.6) is 0 Å². The van der Waals surface area contributed by atoms with E-state index in [9.17, 15) is 4.79 Å². The van der Waals surface area contributed by atoms with Crippen LogP contribution in [0.4, 0.5) is 0 Å². The molecule has 0 radical (unpaired) electrons. The molecule has 2 heterocycles. The Hall–Kier alpha value is -0.570. The summed E-state index contributed by atoms with van der Waals surface area (Å²) in [5.41, 5.74) is 0.547. The van der Waals surface area contributed by atoms with Crippen molar-refractivity contribution in [1.29, 1.82) is 0 Å². The van der Waals surface area contributed by atoms with Crippen molar-refractivity contribution in [1.82, 2.24) is 9.80 Å². The Labute approximate surface area is 169 Å². The van der Waals surface area contributed by atoms with Crippen LogP contribution < -0.4 is 0 Å². The van der Waals surface area contributed by atoms with E-state index in [4.69, 9.17) is 0 Å². The fourth-order valence-electron chi connectivity index (χ4n) is 5.19. The summed E-state index contributed by atoms with van der Waals surface area (Å²) in [7, 11) is 0. The highest BCUT2D eigenvalue weighted by Crippen LogP contribution is 2.40. The standard InChI is InChI=1S/C24H46N2O/c1-4-7-9-13-22(12-8-5-2)14-10-17-25-20-24(21-25)15-18-26(19-16-24)23(27)11-6-3/h22H,4-21H2,1-3H3. The topological polar surface area (TPSA) is 23.6 Å². The monoisotopic (exact) mass is 378 g/mol. The lowest BCUT2D eigenvalue weighted by atomic mass is 9.72. The van der Waals surface area contributed by atoms with Crippen molar-refractivity contribution in [3.63, 3.8) is 0 Å². The summed E-state index contributed by atoms with van der Waals surface area (Å²) in [4.78, 5) is 16.9. The van der Waals surface area contributed by atoms with Gasteiger partial charge in [-0.3, -0.25) is 4.79 Å². The quantitative estimate of drug-likeness (QED) is 0.374. The number of piperidine rings is 1. The smallest absolute Gasteiger partial charge is 0.222 e. The highest BCUT2D eigenvalue weighted by molar-refractivity contribution is 5.76. The number of hydrogen-bond donors (Lipinski definition) is 0. The molecule has 0 aromatic carbocycles. The first-order valence-corrected chi connectivity index (χ1v) is 12.1. The van der Waals surface area contributed by atoms with Crippen LogP contribution in [-0.2, 0) is 4.79 Å². The first-order valence-electron chi connectivity index (χ1n) is 12.1. The molecule has 1 unspecified atom stereocenters. The van der Waals surface area contributed by atoms with Crippen molar-refractivity contribution in [2.75, 3.05) is 32.7 Å². The van der Waals surface area contributed by atoms with Gasteiger partial charge in [0.15, 0.2) is 0 Å². The van der Waals surface area contributed by atoms with Crippen molar-refractivity contribution in [2.24, 2.45) is 11.3 Å². The molecule has 0 aromatic heterocycles. The van der Waals surface area contributed by atoms with Gasteiger partial charge in [-0.15, -0.1) is 0 Å². The summed E-state index contributed by atoms with van der Waals surface area (Å²) in [5, 5.41) is 0. The molecule has 0 aromatic rings. The molecule has 2 aliphatic heterocycles. The third kappa shape index (κ3) is 7.40. The van der Waals surface area contributed by atoms with Gasteiger partial charge in [-0.2, -0.15) is 0 Å². The number of carbonyl (C=O) groups is 1. The van der Waals surface area contributed by atoms with Crippen molar-refractivity contribution in [2.45, 2.75) is 104 Å². The van der Waals surface area contributed by atoms with Gasteiger partial charge in [0.25, 0.3) is 0 Å². The highest BCUT2D eigenvalue weighted by Gasteiger charge is 2.44. The molecule has 0 bridgehead atoms. The summed E-state index contributed by atoms with van der Waals surface area (Å²) in [5.74, 6) is 1.35. The fraction of sp³-hybridized carbons (Fsp3) is 0.958. The Morgan fingerprint density at radius 2 is 1.48 bits per heavy atom. The third-order valence-electron chi connectivity index (χ3n) is 7.03. The minimum Gasteiger partial charge on any atom is -0.343 e. The Morgan fingerprint density at radius 1 is 0.852 bits per heavy atom. The van der Waals surface area contributed by atoms with E-state index in [1.165, 1.54) is 90.3 Å². The van der Waals surface area contributed by atoms with E-state index >= 15 is 0 Å². The second-order valence-electron chi connectivity index (χ2n) is 9.49. The molecule has 0 N–H and O–H groups in total. The lowest BCUT2D eigenvalue weighted by Crippen LogP contribution is -2.60. The van der Waals surface area contributed by atoms with Crippen LogP contribution in [0.2, 0.25) is 0 Å². The van der Waals surface area contributed by atoms with Gasteiger partial charge < -0.3 is 9.80 Å². The van der Waals surface area contributed by atoms with Crippen molar-refractivity contribution < 1.29 is 4.79 Å². The number of amides is 1. The molecule has 0 saturated carbocycles. The van der Waals surface area contributed by atoms with Gasteiger partial charge in [0.1, 0.15) is 0 Å². The number of likely N-dealkylation sites (tertiary alicyclic amines) is 2. The number of carbonyl (C=O) groups excluding carboxylic acids is 1. The molecule has 1 amide bonds. The molecular formula is C24H46N2O. The van der Waals surface area contributed by atoms with Crippen LogP contribution in [0, 0.1) is 11.3 Å². The SMILES string of the molecule is CCCCCC(CCCC)CCCN1CC2(CCN(C(=O)CCC)CC2)C1. The Kier molecular flexibility index (Phi) is 10.2. The van der Waals surface area contributed by atoms with Gasteiger partial charge in [-0.25, -0.2) is 0 Å². The zero-order valence-electron chi connectivity index (χ0n) is 18.6. The van der Waals surface area contributed by atoms with Crippen LogP contribution in [0.25, 0.3) is 0 Å². The molecule has 158 valence electrons. The maximum absolute atomic E-state index is 12.1. The molecule has 1 spiro atoms. The van der Waals surface area contributed by atoms with E-state index in [0.29, 0.717) is 11.3 Å². The van der Waals surface area contributed by atoms with Crippen LogP contribution in [0.1, 0.15) is 104 Å². The van der Waals surface area contributed by atoms with Crippen LogP contribution in [0.15, 0.2) is 0 Å². The number of hydrogen-bond acceptors (Lipinski definition) is 2. The maximum atomic E-state index is 12.1. The molecule has 2 fully saturated rings. The average Bonchev–Trinajstić information content (AvgIpc) is 2.65. The number of unbranched alkanes of at least 4 members (excludes halogenated alkanes) is 3. The zero-order chi connectivity index (χ0) is 19.5. The number of nitrogens with zero attached hydrogens (tertiary/aromatic N) is 2. The van der Waals surface area contributed by atoms with Crippen LogP contribution in [-0.4, -0.2) is 48.4 Å². The molecule has 27 heavy (non-hydrogen) atoms. The predicted molar refractivity (Wildman–Crippen MR) is 116 cm³/mol. The van der Waals surface area contributed by atoms with Crippen LogP contribution >= 0.6 is 0 Å². The Morgan fingerprint density at radius 3 is 2.11 bits per heavy atom. The summed E-state index contributed by atoms with van der Waals surface area (Å²) in [6, 6.07) is 0. The Balaban J connectivity index is 1.60. The van der Waals surface area contributed by atoms with Gasteiger partial charge in [-0.1, -0.05) is 65.7 Å². The lowest BCUT2D eigenvalue weighted by molar-refractivity contribution is -0.136. The summed E-state index contributed by atoms with van der Waals surface area (Å²) >= 11 is 0. The van der Waals surface area contributed by atoms with E-state index in [1.54, 1.807) is 0 Å². The lowest BCUT2D eigenvalue weighted by Gasteiger charge is -2.54. The molecule has 3 nitrogen and oxygen atoms in total. The third-order valence-corrected chi connectivity index (χ3v) is 7.03. The molecule has 2 aliphatic rings. The normalized spacial score (nSPS) is 20.6.